The molecule has 0 aliphatic carbocycles. The van der Waals surface area contributed by atoms with E-state index in [9.17, 15) is 4.79 Å². The molecule has 7 nitrogen and oxygen atoms in total. The van der Waals surface area contributed by atoms with Crippen LogP contribution in [0.4, 0.5) is 0 Å². The van der Waals surface area contributed by atoms with Crippen molar-refractivity contribution in [3.63, 3.8) is 0 Å². The van der Waals surface area contributed by atoms with Gasteiger partial charge in [0.15, 0.2) is 6.33 Å². The van der Waals surface area contributed by atoms with Gasteiger partial charge in [-0.1, -0.05) is 5.16 Å². The molecule has 1 aliphatic rings. The zero-order valence-electron chi connectivity index (χ0n) is 8.70. The van der Waals surface area contributed by atoms with Gasteiger partial charge in [-0.15, -0.1) is 0 Å². The third-order valence-electron chi connectivity index (χ3n) is 2.51. The predicted octanol–water partition coefficient (Wildman–Crippen LogP) is -0.255. The van der Waals surface area contributed by atoms with Gasteiger partial charge in [-0.05, 0) is 0 Å². The second-order valence-corrected chi connectivity index (χ2v) is 3.63. The maximum absolute atomic E-state index is 10.7. The summed E-state index contributed by atoms with van der Waals surface area (Å²) in [5, 5.41) is 12.3. The van der Waals surface area contributed by atoms with Gasteiger partial charge in [0.05, 0.1) is 26.2 Å². The van der Waals surface area contributed by atoms with Gasteiger partial charge in [-0.2, -0.15) is 4.98 Å². The van der Waals surface area contributed by atoms with Gasteiger partial charge >= 0.3 is 5.97 Å². The number of nitrogens with zero attached hydrogens (tertiary/aromatic N) is 3. The number of carbonyl (C=O) groups is 1. The first-order valence-corrected chi connectivity index (χ1v) is 5.05. The van der Waals surface area contributed by atoms with Crippen molar-refractivity contribution < 1.29 is 19.2 Å². The van der Waals surface area contributed by atoms with Crippen LogP contribution in [0.3, 0.4) is 0 Å². The predicted molar refractivity (Wildman–Crippen MR) is 51.6 cm³/mol. The second-order valence-electron chi connectivity index (χ2n) is 3.63. The standard InChI is InChI=1S/C9H13N3O4/c13-9(14)3-7-5-15-2-1-12(7)4-8-10-6-11-16-8/h6-7H,1-5H2,(H,13,14). The molecule has 16 heavy (non-hydrogen) atoms. The Labute approximate surface area is 92.0 Å². The Morgan fingerprint density at radius 2 is 2.56 bits per heavy atom. The molecule has 1 atom stereocenters. The van der Waals surface area contributed by atoms with E-state index < -0.39 is 5.97 Å². The maximum atomic E-state index is 10.7. The Morgan fingerprint density at radius 3 is 3.25 bits per heavy atom. The summed E-state index contributed by atoms with van der Waals surface area (Å²) in [5.41, 5.74) is 0. The summed E-state index contributed by atoms with van der Waals surface area (Å²) in [5.74, 6) is -0.330. The van der Waals surface area contributed by atoms with E-state index >= 15 is 0 Å². The Morgan fingerprint density at radius 1 is 1.69 bits per heavy atom. The van der Waals surface area contributed by atoms with Crippen molar-refractivity contribution in [2.75, 3.05) is 19.8 Å². The van der Waals surface area contributed by atoms with Gasteiger partial charge in [0, 0.05) is 12.6 Å². The van der Waals surface area contributed by atoms with Crippen molar-refractivity contribution >= 4 is 5.97 Å². The van der Waals surface area contributed by atoms with Crippen molar-refractivity contribution in [1.82, 2.24) is 15.0 Å². The summed E-state index contributed by atoms with van der Waals surface area (Å²) >= 11 is 0. The molecule has 0 spiro atoms. The SMILES string of the molecule is O=C(O)CC1COCCN1Cc1ncno1. The molecule has 0 aromatic carbocycles. The quantitative estimate of drug-likeness (QED) is 0.758. The summed E-state index contributed by atoms with van der Waals surface area (Å²) in [6.07, 6.45) is 1.40. The van der Waals surface area contributed by atoms with Crippen LogP contribution in [0.1, 0.15) is 12.3 Å². The van der Waals surface area contributed by atoms with Gasteiger partial charge < -0.3 is 14.4 Å². The van der Waals surface area contributed by atoms with Crippen molar-refractivity contribution in [1.29, 1.82) is 0 Å². The molecule has 0 amide bonds. The van der Waals surface area contributed by atoms with Crippen molar-refractivity contribution in [2.24, 2.45) is 0 Å². The molecule has 0 saturated carbocycles. The molecule has 0 bridgehead atoms. The van der Waals surface area contributed by atoms with Crippen LogP contribution in [-0.2, 0) is 16.1 Å². The Kier molecular flexibility index (Phi) is 3.47. The van der Waals surface area contributed by atoms with Crippen molar-refractivity contribution in [2.45, 2.75) is 19.0 Å². The van der Waals surface area contributed by atoms with E-state index in [1.165, 1.54) is 6.33 Å². The minimum Gasteiger partial charge on any atom is -0.481 e. The van der Waals surface area contributed by atoms with E-state index in [0.29, 0.717) is 32.2 Å². The number of carboxylic acid groups (broad SMARTS) is 1. The number of ether oxygens (including phenoxy) is 1. The summed E-state index contributed by atoms with van der Waals surface area (Å²) in [6, 6.07) is -0.127. The highest BCUT2D eigenvalue weighted by atomic mass is 16.5. The van der Waals surface area contributed by atoms with Crippen LogP contribution in [-0.4, -0.2) is 51.9 Å². The molecule has 1 N–H and O–H groups in total. The third kappa shape index (κ3) is 2.77. The molecule has 88 valence electrons. The lowest BCUT2D eigenvalue weighted by Gasteiger charge is -2.33. The third-order valence-corrected chi connectivity index (χ3v) is 2.51. The zero-order valence-corrected chi connectivity index (χ0v) is 8.70. The molecule has 1 aliphatic heterocycles. The number of rotatable bonds is 4. The normalized spacial score (nSPS) is 22.1. The minimum atomic E-state index is -0.828. The summed E-state index contributed by atoms with van der Waals surface area (Å²) in [6.45, 7) is 2.19. The van der Waals surface area contributed by atoms with Gasteiger partial charge in [-0.3, -0.25) is 9.69 Å². The molecule has 1 fully saturated rings. The molecule has 7 heteroatoms. The fraction of sp³-hybridized carbons (Fsp3) is 0.667. The highest BCUT2D eigenvalue weighted by molar-refractivity contribution is 5.67. The number of carboxylic acids is 1. The van der Waals surface area contributed by atoms with E-state index in [1.807, 2.05) is 4.90 Å². The van der Waals surface area contributed by atoms with Crippen molar-refractivity contribution in [3.8, 4) is 0 Å². The first-order valence-electron chi connectivity index (χ1n) is 5.05. The van der Waals surface area contributed by atoms with E-state index in [1.54, 1.807) is 0 Å². The first kappa shape index (κ1) is 11.0. The van der Waals surface area contributed by atoms with Crippen LogP contribution in [0.15, 0.2) is 10.9 Å². The Bertz CT molecular complexity index is 341. The fourth-order valence-corrected chi connectivity index (χ4v) is 1.73. The fourth-order valence-electron chi connectivity index (χ4n) is 1.73. The number of aliphatic carboxylic acids is 1. The average molecular weight is 227 g/mol. The number of hydrogen-bond donors (Lipinski definition) is 1. The van der Waals surface area contributed by atoms with E-state index in [-0.39, 0.29) is 12.5 Å². The van der Waals surface area contributed by atoms with Crippen molar-refractivity contribution in [3.05, 3.63) is 12.2 Å². The molecule has 2 heterocycles. The van der Waals surface area contributed by atoms with Crippen LogP contribution in [0.25, 0.3) is 0 Å². The maximum Gasteiger partial charge on any atom is 0.305 e. The monoisotopic (exact) mass is 227 g/mol. The Balaban J connectivity index is 1.96. The number of morpholine rings is 1. The first-order chi connectivity index (χ1) is 7.75. The van der Waals surface area contributed by atoms with E-state index in [4.69, 9.17) is 14.4 Å². The highest BCUT2D eigenvalue weighted by Crippen LogP contribution is 2.13. The van der Waals surface area contributed by atoms with Gasteiger partial charge in [-0.25, -0.2) is 0 Å². The van der Waals surface area contributed by atoms with Crippen LogP contribution in [0, 0.1) is 0 Å². The van der Waals surface area contributed by atoms with Gasteiger partial charge in [0.2, 0.25) is 5.89 Å². The van der Waals surface area contributed by atoms with Crippen LogP contribution < -0.4 is 0 Å². The summed E-state index contributed by atoms with van der Waals surface area (Å²) in [4.78, 5) is 16.6. The molecular formula is C9H13N3O4. The topological polar surface area (TPSA) is 88.7 Å². The van der Waals surface area contributed by atoms with Crippen LogP contribution >= 0.6 is 0 Å². The molecule has 2 rings (SSSR count). The lowest BCUT2D eigenvalue weighted by Crippen LogP contribution is -2.45. The molecule has 0 radical (unpaired) electrons. The molecule has 1 saturated heterocycles. The van der Waals surface area contributed by atoms with E-state index in [0.717, 1.165) is 0 Å². The summed E-state index contributed by atoms with van der Waals surface area (Å²) in [7, 11) is 0. The second kappa shape index (κ2) is 5.04. The van der Waals surface area contributed by atoms with Gasteiger partial charge in [0.1, 0.15) is 0 Å². The lowest BCUT2D eigenvalue weighted by molar-refractivity contribution is -0.140. The lowest BCUT2D eigenvalue weighted by atomic mass is 10.1. The molecule has 1 aromatic rings. The molecule has 1 aromatic heterocycles. The number of aromatic nitrogens is 2. The van der Waals surface area contributed by atoms with Crippen LogP contribution in [0.2, 0.25) is 0 Å². The number of hydrogen-bond acceptors (Lipinski definition) is 6. The minimum absolute atomic E-state index is 0.0636. The zero-order chi connectivity index (χ0) is 11.4. The van der Waals surface area contributed by atoms with Crippen LogP contribution in [0.5, 0.6) is 0 Å². The Hall–Kier alpha value is -1.47. The highest BCUT2D eigenvalue weighted by Gasteiger charge is 2.26. The smallest absolute Gasteiger partial charge is 0.305 e. The molecular weight excluding hydrogens is 214 g/mol. The summed E-state index contributed by atoms with van der Waals surface area (Å²) < 4.78 is 10.2. The molecule has 1 unspecified atom stereocenters. The largest absolute Gasteiger partial charge is 0.481 e. The average Bonchev–Trinajstić information content (AvgIpc) is 2.73. The van der Waals surface area contributed by atoms with E-state index in [2.05, 4.69) is 10.1 Å². The van der Waals surface area contributed by atoms with Gasteiger partial charge in [0.25, 0.3) is 0 Å².